The molecule has 0 aliphatic carbocycles. The van der Waals surface area contributed by atoms with E-state index in [1.165, 1.54) is 11.3 Å². The summed E-state index contributed by atoms with van der Waals surface area (Å²) in [6.07, 6.45) is 0. The van der Waals surface area contributed by atoms with E-state index < -0.39 is 0 Å². The Morgan fingerprint density at radius 1 is 1.45 bits per heavy atom. The molecule has 0 atom stereocenters. The third-order valence-corrected chi connectivity index (χ3v) is 2.90. The monoisotopic (exact) mass is 258 g/mol. The molecule has 0 N–H and O–H groups in total. The van der Waals surface area contributed by atoms with Crippen LogP contribution in [0.2, 0.25) is 0 Å². The Hall–Kier alpha value is -0.185. The molecule has 0 saturated carbocycles. The molecule has 3 heteroatoms. The SMILES string of the molecule is [B][I-]N(C)c1cccc(C)c1. The van der Waals surface area contributed by atoms with E-state index in [2.05, 4.69) is 34.3 Å². The van der Waals surface area contributed by atoms with Crippen molar-refractivity contribution < 1.29 is 21.3 Å². The van der Waals surface area contributed by atoms with Crippen molar-refractivity contribution in [1.82, 2.24) is 0 Å². The van der Waals surface area contributed by atoms with Crippen molar-refractivity contribution in [3.63, 3.8) is 0 Å². The van der Waals surface area contributed by atoms with Crippen LogP contribution in [-0.2, 0) is 0 Å². The van der Waals surface area contributed by atoms with E-state index in [1.54, 1.807) is 0 Å². The number of benzene rings is 1. The first kappa shape index (κ1) is 8.91. The fourth-order valence-corrected chi connectivity index (χ4v) is 1.50. The Balaban J connectivity index is 2.86. The molecule has 0 aliphatic heterocycles. The Morgan fingerprint density at radius 3 is 2.73 bits per heavy atom. The fraction of sp³-hybridized carbons (Fsp3) is 0.250. The summed E-state index contributed by atoms with van der Waals surface area (Å²) in [6.45, 7) is 2.09. The van der Waals surface area contributed by atoms with Gasteiger partial charge in [-0.05, 0) is 0 Å². The van der Waals surface area contributed by atoms with Crippen LogP contribution in [-0.4, -0.2) is 12.8 Å². The second kappa shape index (κ2) is 4.00. The fourth-order valence-electron chi connectivity index (χ4n) is 0.876. The van der Waals surface area contributed by atoms with Crippen molar-refractivity contribution in [1.29, 1.82) is 0 Å². The van der Waals surface area contributed by atoms with Gasteiger partial charge in [-0.3, -0.25) is 0 Å². The molecule has 1 aromatic rings. The summed E-state index contributed by atoms with van der Waals surface area (Å²) in [5, 5.41) is 0. The van der Waals surface area contributed by atoms with E-state index >= 15 is 0 Å². The Kier molecular flexibility index (Phi) is 3.24. The zero-order valence-corrected chi connectivity index (χ0v) is 8.87. The van der Waals surface area contributed by atoms with E-state index in [0.717, 1.165) is 0 Å². The van der Waals surface area contributed by atoms with Gasteiger partial charge in [-0.2, -0.15) is 0 Å². The molecular formula is C8H10BIN-. The van der Waals surface area contributed by atoms with Gasteiger partial charge < -0.3 is 0 Å². The summed E-state index contributed by atoms with van der Waals surface area (Å²) in [7, 11) is 2.03. The topological polar surface area (TPSA) is 3.24 Å². The van der Waals surface area contributed by atoms with Crippen LogP contribution in [0.1, 0.15) is 5.56 Å². The molecule has 0 unspecified atom stereocenters. The third-order valence-electron chi connectivity index (χ3n) is 1.50. The summed E-state index contributed by atoms with van der Waals surface area (Å²) < 4.78 is 2.12. The van der Waals surface area contributed by atoms with Crippen molar-refractivity contribution >= 4 is 11.4 Å². The van der Waals surface area contributed by atoms with Crippen LogP contribution in [0.4, 0.5) is 5.69 Å². The van der Waals surface area contributed by atoms with Gasteiger partial charge in [0.1, 0.15) is 0 Å². The van der Waals surface area contributed by atoms with Gasteiger partial charge in [0.15, 0.2) is 0 Å². The van der Waals surface area contributed by atoms with Crippen molar-refractivity contribution in [3.8, 4) is 0 Å². The maximum absolute atomic E-state index is 5.59. The van der Waals surface area contributed by atoms with Crippen molar-refractivity contribution in [3.05, 3.63) is 29.8 Å². The molecule has 0 aliphatic rings. The predicted octanol–water partition coefficient (Wildman–Crippen LogP) is -1.48. The molecule has 0 heterocycles. The van der Waals surface area contributed by atoms with Gasteiger partial charge in [-0.15, -0.1) is 0 Å². The van der Waals surface area contributed by atoms with Gasteiger partial charge in [0.05, 0.1) is 0 Å². The first-order valence-corrected chi connectivity index (χ1v) is 5.59. The second-order valence-electron chi connectivity index (χ2n) is 2.41. The quantitative estimate of drug-likeness (QED) is 0.355. The standard InChI is InChI=1S/C8H10BIN/c1-7-4-3-5-8(6-7)11(2)10-9/h3-6H,1-2H3/q-1. The number of hydrogen-bond acceptors (Lipinski definition) is 1. The van der Waals surface area contributed by atoms with Crippen LogP contribution in [0, 0.1) is 6.92 Å². The van der Waals surface area contributed by atoms with Crippen LogP contribution >= 0.6 is 0 Å². The van der Waals surface area contributed by atoms with Crippen molar-refractivity contribution in [2.24, 2.45) is 0 Å². The molecule has 0 amide bonds. The Morgan fingerprint density at radius 2 is 2.18 bits per heavy atom. The number of anilines is 1. The van der Waals surface area contributed by atoms with Gasteiger partial charge in [0.2, 0.25) is 0 Å². The van der Waals surface area contributed by atoms with Crippen LogP contribution < -0.4 is 24.4 Å². The normalized spacial score (nSPS) is 10.0. The van der Waals surface area contributed by atoms with Gasteiger partial charge in [0.25, 0.3) is 0 Å². The first-order valence-electron chi connectivity index (χ1n) is 3.38. The Bertz CT molecular complexity index is 239. The molecule has 2 radical (unpaired) electrons. The van der Waals surface area contributed by atoms with Crippen molar-refractivity contribution in [2.75, 3.05) is 10.2 Å². The molecule has 58 valence electrons. The number of hydrogen-bond donors (Lipinski definition) is 0. The number of halogens is 1. The zero-order valence-electron chi connectivity index (χ0n) is 6.71. The number of aryl methyl sites for hydroxylation is 1. The molecule has 0 aromatic heterocycles. The molecule has 0 spiro atoms. The van der Waals surface area contributed by atoms with Crippen LogP contribution in [0.5, 0.6) is 0 Å². The molecular weight excluding hydrogens is 248 g/mol. The zero-order chi connectivity index (χ0) is 8.27. The molecule has 1 nitrogen and oxygen atoms in total. The van der Waals surface area contributed by atoms with E-state index in [0.29, 0.717) is 0 Å². The summed E-state index contributed by atoms with van der Waals surface area (Å²) in [4.78, 5) is 0. The summed E-state index contributed by atoms with van der Waals surface area (Å²) >= 11 is -0.313. The minimum absolute atomic E-state index is 0.313. The van der Waals surface area contributed by atoms with E-state index in [1.807, 2.05) is 7.05 Å². The van der Waals surface area contributed by atoms with Crippen LogP contribution in [0.3, 0.4) is 0 Å². The van der Waals surface area contributed by atoms with Crippen LogP contribution in [0.25, 0.3) is 0 Å². The van der Waals surface area contributed by atoms with E-state index in [4.69, 9.17) is 5.70 Å². The van der Waals surface area contributed by atoms with Crippen LogP contribution in [0.15, 0.2) is 24.3 Å². The van der Waals surface area contributed by atoms with Gasteiger partial charge >= 0.3 is 79.6 Å². The van der Waals surface area contributed by atoms with Gasteiger partial charge in [0, 0.05) is 0 Å². The average molecular weight is 258 g/mol. The predicted molar refractivity (Wildman–Crippen MR) is 45.3 cm³/mol. The molecule has 1 rings (SSSR count). The van der Waals surface area contributed by atoms with Gasteiger partial charge in [-0.1, -0.05) is 0 Å². The maximum atomic E-state index is 5.59. The van der Waals surface area contributed by atoms with E-state index in [-0.39, 0.29) is 21.3 Å². The molecule has 0 bridgehead atoms. The third kappa shape index (κ3) is 2.40. The first-order chi connectivity index (χ1) is 5.24. The summed E-state index contributed by atoms with van der Waals surface area (Å²) in [6, 6.07) is 8.37. The molecule has 0 fully saturated rings. The number of rotatable bonds is 2. The minimum atomic E-state index is -0.313. The number of nitrogens with zero attached hydrogens (tertiary/aromatic N) is 1. The Labute approximate surface area is 79.5 Å². The molecule has 1 aromatic carbocycles. The summed E-state index contributed by atoms with van der Waals surface area (Å²) in [5.74, 6) is 0. The molecule has 0 saturated heterocycles. The van der Waals surface area contributed by atoms with Crippen molar-refractivity contribution in [2.45, 2.75) is 6.92 Å². The van der Waals surface area contributed by atoms with Gasteiger partial charge in [-0.25, -0.2) is 0 Å². The second-order valence-corrected chi connectivity index (χ2v) is 4.42. The summed E-state index contributed by atoms with van der Waals surface area (Å²) in [5.41, 5.74) is 8.10. The average Bonchev–Trinajstić information content (AvgIpc) is 2.03. The van der Waals surface area contributed by atoms with E-state index in [9.17, 15) is 0 Å². The molecule has 11 heavy (non-hydrogen) atoms.